The standard InChI is InChI=1S/C30H23BrN4O2S/c31-26-17-22(11-16-28(26)37-19-21-7-3-1-4-8-21)18-32-35-29(36)24-14-12-23(13-15-24)27-20-38-30(34-27)33-25-9-5-2-6-10-25/h1-18,20H,19H2,(H,33,34)(H,35,36)/b32-18-. The van der Waals surface area contributed by atoms with Crippen molar-refractivity contribution in [1.29, 1.82) is 0 Å². The van der Waals surface area contributed by atoms with Crippen molar-refractivity contribution in [3.8, 4) is 17.0 Å². The number of hydrazone groups is 1. The van der Waals surface area contributed by atoms with Gasteiger partial charge in [0, 0.05) is 22.2 Å². The second-order valence-corrected chi connectivity index (χ2v) is 9.98. The van der Waals surface area contributed by atoms with Crippen molar-refractivity contribution in [3.05, 3.63) is 130 Å². The number of benzene rings is 4. The maximum Gasteiger partial charge on any atom is 0.271 e. The molecule has 1 amide bonds. The summed E-state index contributed by atoms with van der Waals surface area (Å²) in [5, 5.41) is 10.2. The number of amides is 1. The molecule has 1 heterocycles. The van der Waals surface area contributed by atoms with Crippen molar-refractivity contribution in [2.45, 2.75) is 6.61 Å². The Labute approximate surface area is 233 Å². The van der Waals surface area contributed by atoms with Gasteiger partial charge in [-0.05, 0) is 69.5 Å². The minimum Gasteiger partial charge on any atom is -0.488 e. The highest BCUT2D eigenvalue weighted by Gasteiger charge is 2.08. The van der Waals surface area contributed by atoms with Crippen LogP contribution in [0.3, 0.4) is 0 Å². The summed E-state index contributed by atoms with van der Waals surface area (Å²) in [4.78, 5) is 17.2. The largest absolute Gasteiger partial charge is 0.488 e. The molecule has 0 aliphatic carbocycles. The molecule has 0 saturated carbocycles. The van der Waals surface area contributed by atoms with Crippen molar-refractivity contribution in [1.82, 2.24) is 10.4 Å². The van der Waals surface area contributed by atoms with E-state index in [4.69, 9.17) is 4.74 Å². The average molecular weight is 584 g/mol. The number of halogens is 1. The summed E-state index contributed by atoms with van der Waals surface area (Å²) in [6.45, 7) is 0.482. The zero-order valence-corrected chi connectivity index (χ0v) is 22.6. The fourth-order valence-corrected chi connectivity index (χ4v) is 4.83. The monoisotopic (exact) mass is 582 g/mol. The van der Waals surface area contributed by atoms with Gasteiger partial charge in [0.15, 0.2) is 5.13 Å². The number of anilines is 2. The van der Waals surface area contributed by atoms with E-state index in [-0.39, 0.29) is 5.91 Å². The summed E-state index contributed by atoms with van der Waals surface area (Å²) in [5.41, 5.74) is 7.77. The Morgan fingerprint density at radius 3 is 2.42 bits per heavy atom. The molecule has 38 heavy (non-hydrogen) atoms. The molecule has 2 N–H and O–H groups in total. The van der Waals surface area contributed by atoms with E-state index < -0.39 is 0 Å². The van der Waals surface area contributed by atoms with Crippen molar-refractivity contribution in [2.75, 3.05) is 5.32 Å². The predicted molar refractivity (Wildman–Crippen MR) is 157 cm³/mol. The van der Waals surface area contributed by atoms with Crippen LogP contribution in [0.1, 0.15) is 21.5 Å². The zero-order valence-electron chi connectivity index (χ0n) is 20.2. The number of aromatic nitrogens is 1. The van der Waals surface area contributed by atoms with Crippen LogP contribution >= 0.6 is 27.3 Å². The quantitative estimate of drug-likeness (QED) is 0.138. The first-order valence-electron chi connectivity index (χ1n) is 11.8. The van der Waals surface area contributed by atoms with E-state index in [0.29, 0.717) is 12.2 Å². The number of carbonyl (C=O) groups excluding carboxylic acids is 1. The van der Waals surface area contributed by atoms with Crippen LogP contribution in [0.5, 0.6) is 5.75 Å². The molecule has 6 nitrogen and oxygen atoms in total. The first-order chi connectivity index (χ1) is 18.6. The number of carbonyl (C=O) groups is 1. The van der Waals surface area contributed by atoms with Gasteiger partial charge in [-0.1, -0.05) is 60.7 Å². The molecule has 0 atom stereocenters. The van der Waals surface area contributed by atoms with E-state index in [2.05, 4.69) is 36.8 Å². The summed E-state index contributed by atoms with van der Waals surface area (Å²) >= 11 is 5.07. The molecule has 0 fully saturated rings. The summed E-state index contributed by atoms with van der Waals surface area (Å²) < 4.78 is 6.69. The number of nitrogens with one attached hydrogen (secondary N) is 2. The molecule has 0 saturated heterocycles. The van der Waals surface area contributed by atoms with E-state index in [1.165, 1.54) is 11.3 Å². The first kappa shape index (κ1) is 25.4. The van der Waals surface area contributed by atoms with Crippen LogP contribution in [0.2, 0.25) is 0 Å². The second-order valence-electron chi connectivity index (χ2n) is 8.27. The van der Waals surface area contributed by atoms with Gasteiger partial charge in [0.05, 0.1) is 16.4 Å². The molecule has 0 aliphatic rings. The minimum absolute atomic E-state index is 0.292. The molecule has 0 spiro atoms. The maximum atomic E-state index is 12.6. The molecule has 188 valence electrons. The lowest BCUT2D eigenvalue weighted by Gasteiger charge is -2.08. The van der Waals surface area contributed by atoms with E-state index in [0.717, 1.165) is 43.4 Å². The molecule has 4 aromatic carbocycles. The normalized spacial score (nSPS) is 10.9. The molecular weight excluding hydrogens is 560 g/mol. The minimum atomic E-state index is -0.292. The topological polar surface area (TPSA) is 75.6 Å². The lowest BCUT2D eigenvalue weighted by molar-refractivity contribution is 0.0955. The first-order valence-corrected chi connectivity index (χ1v) is 13.5. The number of thiazole rings is 1. The number of hydrogen-bond donors (Lipinski definition) is 2. The van der Waals surface area contributed by atoms with Gasteiger partial charge in [-0.3, -0.25) is 4.79 Å². The third kappa shape index (κ3) is 6.73. The van der Waals surface area contributed by atoms with Crippen LogP contribution in [0.15, 0.2) is 118 Å². The fourth-order valence-electron chi connectivity index (χ4n) is 3.58. The van der Waals surface area contributed by atoms with Gasteiger partial charge in [-0.2, -0.15) is 5.10 Å². The van der Waals surface area contributed by atoms with Gasteiger partial charge in [0.1, 0.15) is 12.4 Å². The van der Waals surface area contributed by atoms with E-state index in [1.54, 1.807) is 18.3 Å². The van der Waals surface area contributed by atoms with Gasteiger partial charge in [0.25, 0.3) is 5.91 Å². The Balaban J connectivity index is 1.14. The molecule has 5 rings (SSSR count). The number of rotatable bonds is 9. The van der Waals surface area contributed by atoms with Gasteiger partial charge in [-0.25, -0.2) is 10.4 Å². The highest BCUT2D eigenvalue weighted by atomic mass is 79.9. The van der Waals surface area contributed by atoms with Crippen molar-refractivity contribution >= 4 is 50.2 Å². The summed E-state index contributed by atoms with van der Waals surface area (Å²) in [6, 6.07) is 32.8. The van der Waals surface area contributed by atoms with Crippen LogP contribution in [-0.2, 0) is 6.61 Å². The van der Waals surface area contributed by atoms with Gasteiger partial charge in [-0.15, -0.1) is 11.3 Å². The fraction of sp³-hybridized carbons (Fsp3) is 0.0333. The molecule has 5 aromatic rings. The third-order valence-corrected chi connectivity index (χ3v) is 6.92. The Bertz CT molecular complexity index is 1540. The molecule has 0 radical (unpaired) electrons. The van der Waals surface area contributed by atoms with Crippen LogP contribution in [-0.4, -0.2) is 17.1 Å². The predicted octanol–water partition coefficient (Wildman–Crippen LogP) is 7.66. The van der Waals surface area contributed by atoms with Gasteiger partial charge in [0.2, 0.25) is 0 Å². The molecule has 0 bridgehead atoms. The van der Waals surface area contributed by atoms with Crippen LogP contribution in [0, 0.1) is 0 Å². The van der Waals surface area contributed by atoms with E-state index in [1.807, 2.05) is 96.4 Å². The number of hydrogen-bond acceptors (Lipinski definition) is 6. The van der Waals surface area contributed by atoms with Crippen LogP contribution in [0.25, 0.3) is 11.3 Å². The smallest absolute Gasteiger partial charge is 0.271 e. The summed E-state index contributed by atoms with van der Waals surface area (Å²) in [5.74, 6) is 0.442. The van der Waals surface area contributed by atoms with Crippen LogP contribution < -0.4 is 15.5 Å². The van der Waals surface area contributed by atoms with Crippen molar-refractivity contribution in [3.63, 3.8) is 0 Å². The number of para-hydroxylation sites is 1. The molecule has 1 aromatic heterocycles. The number of nitrogens with zero attached hydrogens (tertiary/aromatic N) is 2. The lowest BCUT2D eigenvalue weighted by atomic mass is 10.1. The van der Waals surface area contributed by atoms with Gasteiger partial charge < -0.3 is 10.1 Å². The average Bonchev–Trinajstić information content (AvgIpc) is 3.42. The van der Waals surface area contributed by atoms with E-state index in [9.17, 15) is 4.79 Å². The number of ether oxygens (including phenoxy) is 1. The van der Waals surface area contributed by atoms with Gasteiger partial charge >= 0.3 is 0 Å². The van der Waals surface area contributed by atoms with E-state index >= 15 is 0 Å². The van der Waals surface area contributed by atoms with Crippen molar-refractivity contribution in [2.24, 2.45) is 5.10 Å². The zero-order chi connectivity index (χ0) is 26.2. The van der Waals surface area contributed by atoms with Crippen molar-refractivity contribution < 1.29 is 9.53 Å². The highest BCUT2D eigenvalue weighted by Crippen LogP contribution is 2.28. The Morgan fingerprint density at radius 2 is 1.68 bits per heavy atom. The summed E-state index contributed by atoms with van der Waals surface area (Å²) in [7, 11) is 0. The Hall–Kier alpha value is -4.27. The Kier molecular flexibility index (Phi) is 8.23. The molecule has 8 heteroatoms. The molecular formula is C30H23BrN4O2S. The third-order valence-electron chi connectivity index (χ3n) is 5.54. The highest BCUT2D eigenvalue weighted by molar-refractivity contribution is 9.10. The molecule has 0 unspecified atom stereocenters. The summed E-state index contributed by atoms with van der Waals surface area (Å²) in [6.07, 6.45) is 1.59. The van der Waals surface area contributed by atoms with Crippen LogP contribution in [0.4, 0.5) is 10.8 Å². The second kappa shape index (κ2) is 12.3. The lowest BCUT2D eigenvalue weighted by Crippen LogP contribution is -2.17. The maximum absolute atomic E-state index is 12.6. The Morgan fingerprint density at radius 1 is 0.947 bits per heavy atom. The molecule has 0 aliphatic heterocycles. The SMILES string of the molecule is O=C(N/N=C\c1ccc(OCc2ccccc2)c(Br)c1)c1ccc(-c2csc(Nc3ccccc3)n2)cc1.